The van der Waals surface area contributed by atoms with Crippen LogP contribution in [0.25, 0.3) is 9.53 Å². The van der Waals surface area contributed by atoms with Crippen LogP contribution >= 0.6 is 22.7 Å². The highest BCUT2D eigenvalue weighted by Gasteiger charge is 2.35. The molecule has 0 saturated carbocycles. The Labute approximate surface area is 183 Å². The fourth-order valence-corrected chi connectivity index (χ4v) is 6.20. The van der Waals surface area contributed by atoms with E-state index in [-0.39, 0.29) is 17.1 Å². The van der Waals surface area contributed by atoms with Crippen LogP contribution in [0.3, 0.4) is 0 Å². The lowest BCUT2D eigenvalue weighted by Crippen LogP contribution is -2.44. The Morgan fingerprint density at radius 3 is 2.67 bits per heavy atom. The molecule has 5 nitrogen and oxygen atoms in total. The molecule has 160 valence electrons. The molecule has 8 heteroatoms. The van der Waals surface area contributed by atoms with Crippen molar-refractivity contribution in [2.24, 2.45) is 0 Å². The number of thiophene rings is 1. The van der Waals surface area contributed by atoms with E-state index < -0.39 is 0 Å². The molecular weight excluding hydrogens is 421 g/mol. The van der Waals surface area contributed by atoms with Crippen molar-refractivity contribution in [3.05, 3.63) is 46.6 Å². The third-order valence-electron chi connectivity index (χ3n) is 5.81. The van der Waals surface area contributed by atoms with Crippen molar-refractivity contribution in [2.45, 2.75) is 32.1 Å². The second-order valence-corrected chi connectivity index (χ2v) is 9.57. The number of hydrogen-bond acceptors (Lipinski definition) is 6. The van der Waals surface area contributed by atoms with Gasteiger partial charge >= 0.3 is 0 Å². The number of ether oxygens (including phenoxy) is 1. The van der Waals surface area contributed by atoms with Gasteiger partial charge in [0.25, 0.3) is 5.91 Å². The number of amides is 1. The van der Waals surface area contributed by atoms with Gasteiger partial charge in [-0.25, -0.2) is 9.37 Å². The Balaban J connectivity index is 1.50. The maximum absolute atomic E-state index is 13.9. The van der Waals surface area contributed by atoms with Crippen LogP contribution in [0, 0.1) is 5.82 Å². The molecule has 0 bridgehead atoms. The monoisotopic (exact) mass is 447 g/mol. The summed E-state index contributed by atoms with van der Waals surface area (Å²) in [4.78, 5) is 21.4. The van der Waals surface area contributed by atoms with E-state index in [2.05, 4.69) is 24.1 Å². The van der Waals surface area contributed by atoms with Crippen LogP contribution in [0.4, 0.5) is 9.52 Å². The van der Waals surface area contributed by atoms with Gasteiger partial charge in [-0.05, 0) is 50.5 Å². The highest BCUT2D eigenvalue weighted by Crippen LogP contribution is 2.36. The van der Waals surface area contributed by atoms with Crippen molar-refractivity contribution in [2.75, 3.05) is 37.7 Å². The smallest absolute Gasteiger partial charge is 0.261 e. The van der Waals surface area contributed by atoms with E-state index in [1.54, 1.807) is 23.5 Å². The summed E-state index contributed by atoms with van der Waals surface area (Å²) in [5.41, 5.74) is 0.613. The normalized spacial score (nSPS) is 16.0. The summed E-state index contributed by atoms with van der Waals surface area (Å²) < 4.78 is 20.4. The first-order valence-corrected chi connectivity index (χ1v) is 12.0. The van der Waals surface area contributed by atoms with Crippen LogP contribution in [0.2, 0.25) is 0 Å². The van der Waals surface area contributed by atoms with E-state index in [4.69, 9.17) is 9.72 Å². The van der Waals surface area contributed by atoms with Gasteiger partial charge in [0, 0.05) is 38.3 Å². The average molecular weight is 448 g/mol. The molecule has 2 aromatic heterocycles. The first-order chi connectivity index (χ1) is 14.5. The van der Waals surface area contributed by atoms with Crippen molar-refractivity contribution in [1.29, 1.82) is 0 Å². The van der Waals surface area contributed by atoms with Gasteiger partial charge in [-0.3, -0.25) is 4.79 Å². The molecule has 3 aromatic rings. The number of aromatic nitrogens is 1. The summed E-state index contributed by atoms with van der Waals surface area (Å²) in [5.74, 6) is -0.352. The Morgan fingerprint density at radius 1 is 1.23 bits per heavy atom. The minimum atomic E-state index is -0.307. The molecule has 4 rings (SSSR count). The zero-order valence-electron chi connectivity index (χ0n) is 17.2. The number of rotatable bonds is 7. The Kier molecular flexibility index (Phi) is 6.36. The minimum Gasteiger partial charge on any atom is -0.381 e. The molecule has 1 aliphatic heterocycles. The van der Waals surface area contributed by atoms with Gasteiger partial charge in [0.05, 0.1) is 9.58 Å². The summed E-state index contributed by atoms with van der Waals surface area (Å²) in [7, 11) is 0. The van der Waals surface area contributed by atoms with Gasteiger partial charge < -0.3 is 15.0 Å². The Bertz CT molecular complexity index is 991. The summed E-state index contributed by atoms with van der Waals surface area (Å²) in [6.45, 7) is 7.73. The molecule has 0 aliphatic carbocycles. The third-order valence-corrected chi connectivity index (χ3v) is 8.03. The maximum Gasteiger partial charge on any atom is 0.261 e. The lowest BCUT2D eigenvalue weighted by molar-refractivity contribution is 0.0486. The standard InChI is InChI=1S/C22H26FN3O2S2/c1-3-26(4-2)21-25-20-18(30-21)13-17(29-20)19(27)24-14-22(8-10-28-11-9-22)15-6-5-7-16(23)12-15/h5-7,12-13H,3-4,8-11,14H2,1-2H3,(H,24,27). The summed E-state index contributed by atoms with van der Waals surface area (Å²) in [6, 6.07) is 8.64. The number of fused-ring (bicyclic) bond motifs is 1. The number of nitrogens with one attached hydrogen (secondary N) is 1. The number of halogens is 1. The van der Waals surface area contributed by atoms with Crippen molar-refractivity contribution < 1.29 is 13.9 Å². The number of carbonyl (C=O) groups excluding carboxylic acids is 1. The van der Waals surface area contributed by atoms with E-state index in [1.807, 2.05) is 12.1 Å². The molecule has 0 atom stereocenters. The average Bonchev–Trinajstić information content (AvgIpc) is 3.33. The maximum atomic E-state index is 13.9. The Hall–Kier alpha value is -2.03. The minimum absolute atomic E-state index is 0.100. The van der Waals surface area contributed by atoms with Crippen molar-refractivity contribution in [3.8, 4) is 0 Å². The predicted octanol–water partition coefficient (Wildman–Crippen LogP) is 4.82. The van der Waals surface area contributed by atoms with E-state index in [1.165, 1.54) is 17.4 Å². The molecular formula is C22H26FN3O2S2. The summed E-state index contributed by atoms with van der Waals surface area (Å²) in [6.07, 6.45) is 1.51. The number of benzene rings is 1. The molecule has 0 unspecified atom stereocenters. The van der Waals surface area contributed by atoms with Gasteiger partial charge in [0.15, 0.2) is 5.13 Å². The molecule has 1 saturated heterocycles. The second kappa shape index (κ2) is 8.99. The molecule has 1 fully saturated rings. The number of nitrogens with zero attached hydrogens (tertiary/aromatic N) is 2. The zero-order chi connectivity index (χ0) is 21.1. The van der Waals surface area contributed by atoms with E-state index in [0.717, 1.165) is 46.2 Å². The molecule has 1 N–H and O–H groups in total. The molecule has 0 radical (unpaired) electrons. The number of hydrogen-bond donors (Lipinski definition) is 1. The topological polar surface area (TPSA) is 54.5 Å². The molecule has 30 heavy (non-hydrogen) atoms. The fraction of sp³-hybridized carbons (Fsp3) is 0.455. The van der Waals surface area contributed by atoms with Crippen molar-refractivity contribution >= 4 is 43.2 Å². The second-order valence-electron chi connectivity index (χ2n) is 7.53. The van der Waals surface area contributed by atoms with Crippen LogP contribution in [0.1, 0.15) is 41.9 Å². The van der Waals surface area contributed by atoms with Gasteiger partial charge in [-0.15, -0.1) is 11.3 Å². The van der Waals surface area contributed by atoms with E-state index >= 15 is 0 Å². The van der Waals surface area contributed by atoms with Crippen LogP contribution in [0.5, 0.6) is 0 Å². The molecule has 1 amide bonds. The molecule has 1 aliphatic rings. The highest BCUT2D eigenvalue weighted by molar-refractivity contribution is 7.29. The van der Waals surface area contributed by atoms with Gasteiger partial charge in [0.2, 0.25) is 0 Å². The highest BCUT2D eigenvalue weighted by atomic mass is 32.1. The molecule has 3 heterocycles. The van der Waals surface area contributed by atoms with Crippen LogP contribution in [0.15, 0.2) is 30.3 Å². The molecule has 0 spiro atoms. The third kappa shape index (κ3) is 4.22. The summed E-state index contributed by atoms with van der Waals surface area (Å²) >= 11 is 3.05. The van der Waals surface area contributed by atoms with Gasteiger partial charge in [-0.1, -0.05) is 23.5 Å². The summed E-state index contributed by atoms with van der Waals surface area (Å²) in [5, 5.41) is 4.10. The number of thiazole rings is 1. The van der Waals surface area contributed by atoms with Crippen LogP contribution < -0.4 is 10.2 Å². The Morgan fingerprint density at radius 2 is 2.00 bits per heavy atom. The largest absolute Gasteiger partial charge is 0.381 e. The van der Waals surface area contributed by atoms with E-state index in [9.17, 15) is 9.18 Å². The lowest BCUT2D eigenvalue weighted by atomic mass is 9.74. The molecule has 1 aromatic carbocycles. The van der Waals surface area contributed by atoms with Crippen LogP contribution in [-0.2, 0) is 10.2 Å². The fourth-order valence-electron chi connectivity index (χ4n) is 3.95. The number of anilines is 1. The zero-order valence-corrected chi connectivity index (χ0v) is 18.9. The van der Waals surface area contributed by atoms with Gasteiger partial charge in [-0.2, -0.15) is 0 Å². The predicted molar refractivity (Wildman–Crippen MR) is 122 cm³/mol. The van der Waals surface area contributed by atoms with Crippen molar-refractivity contribution in [3.63, 3.8) is 0 Å². The van der Waals surface area contributed by atoms with Crippen LogP contribution in [-0.4, -0.2) is 43.7 Å². The number of carbonyl (C=O) groups is 1. The van der Waals surface area contributed by atoms with E-state index in [0.29, 0.717) is 24.6 Å². The first-order valence-electron chi connectivity index (χ1n) is 10.3. The quantitative estimate of drug-likeness (QED) is 0.564. The SMILES string of the molecule is CCN(CC)c1nc2sc(C(=O)NCC3(c4cccc(F)c4)CCOCC3)cc2s1. The van der Waals surface area contributed by atoms with Crippen molar-refractivity contribution in [1.82, 2.24) is 10.3 Å². The lowest BCUT2D eigenvalue weighted by Gasteiger charge is -2.38. The first kappa shape index (κ1) is 21.2. The van der Waals surface area contributed by atoms with Gasteiger partial charge in [0.1, 0.15) is 10.6 Å².